The molecular weight excluding hydrogens is 284 g/mol. The van der Waals surface area contributed by atoms with Crippen molar-refractivity contribution in [3.63, 3.8) is 0 Å². The van der Waals surface area contributed by atoms with Crippen molar-refractivity contribution in [1.82, 2.24) is 25.5 Å². The van der Waals surface area contributed by atoms with E-state index in [1.165, 1.54) is 25.7 Å². The number of nitriles is 1. The zero-order valence-corrected chi connectivity index (χ0v) is 13.3. The van der Waals surface area contributed by atoms with Crippen LogP contribution in [0.25, 0.3) is 0 Å². The van der Waals surface area contributed by atoms with Gasteiger partial charge in [0.25, 0.3) is 0 Å². The van der Waals surface area contributed by atoms with Crippen LogP contribution >= 0.6 is 11.8 Å². The third kappa shape index (κ3) is 3.06. The maximum atomic E-state index is 9.45. The van der Waals surface area contributed by atoms with Gasteiger partial charge < -0.3 is 0 Å². The third-order valence-corrected chi connectivity index (χ3v) is 5.82. The van der Waals surface area contributed by atoms with Gasteiger partial charge in [-0.15, -0.1) is 5.10 Å². The van der Waals surface area contributed by atoms with E-state index in [0.29, 0.717) is 11.3 Å². The molecule has 1 N–H and O–H groups in total. The Kier molecular flexibility index (Phi) is 4.45. The molecule has 0 radical (unpaired) electrons. The lowest BCUT2D eigenvalue weighted by Crippen LogP contribution is -2.41. The minimum Gasteiger partial charge on any atom is -0.300 e. The number of aromatic nitrogens is 4. The Morgan fingerprint density at radius 2 is 2.24 bits per heavy atom. The highest BCUT2D eigenvalue weighted by Gasteiger charge is 2.40. The molecule has 2 atom stereocenters. The Balaban J connectivity index is 1.66. The van der Waals surface area contributed by atoms with Gasteiger partial charge in [-0.05, 0) is 49.1 Å². The van der Waals surface area contributed by atoms with Crippen LogP contribution in [0.1, 0.15) is 57.9 Å². The predicted molar refractivity (Wildman–Crippen MR) is 80.8 cm³/mol. The first kappa shape index (κ1) is 14.8. The van der Waals surface area contributed by atoms with E-state index in [1.807, 2.05) is 4.68 Å². The summed E-state index contributed by atoms with van der Waals surface area (Å²) in [5, 5.41) is 26.4. The average Bonchev–Trinajstić information content (AvgIpc) is 3.20. The molecule has 2 unspecified atom stereocenters. The van der Waals surface area contributed by atoms with Crippen LogP contribution < -0.4 is 5.32 Å². The first-order chi connectivity index (χ1) is 10.3. The lowest BCUT2D eigenvalue weighted by molar-refractivity contribution is 0.422. The van der Waals surface area contributed by atoms with Gasteiger partial charge in [-0.2, -0.15) is 5.26 Å². The number of hydrogen-bond donors (Lipinski definition) is 1. The van der Waals surface area contributed by atoms with E-state index < -0.39 is 0 Å². The summed E-state index contributed by atoms with van der Waals surface area (Å²) < 4.78 is 2.01. The summed E-state index contributed by atoms with van der Waals surface area (Å²) in [6, 6.07) is 2.95. The molecule has 0 spiro atoms. The molecule has 3 rings (SSSR count). The molecule has 2 aliphatic carbocycles. The van der Waals surface area contributed by atoms with E-state index in [9.17, 15) is 5.26 Å². The van der Waals surface area contributed by atoms with Crippen molar-refractivity contribution in [2.45, 2.75) is 73.9 Å². The fourth-order valence-electron chi connectivity index (χ4n) is 3.53. The molecule has 1 aromatic heterocycles. The van der Waals surface area contributed by atoms with Crippen molar-refractivity contribution >= 4 is 11.8 Å². The Morgan fingerprint density at radius 1 is 1.43 bits per heavy atom. The summed E-state index contributed by atoms with van der Waals surface area (Å²) in [5.74, 6) is 0. The van der Waals surface area contributed by atoms with Crippen LogP contribution in [0.5, 0.6) is 0 Å². The monoisotopic (exact) mass is 306 g/mol. The average molecular weight is 306 g/mol. The van der Waals surface area contributed by atoms with E-state index in [4.69, 9.17) is 0 Å². The van der Waals surface area contributed by atoms with Crippen LogP contribution in [-0.4, -0.2) is 37.5 Å². The molecule has 0 saturated heterocycles. The van der Waals surface area contributed by atoms with E-state index in [-0.39, 0.29) is 5.54 Å². The summed E-state index contributed by atoms with van der Waals surface area (Å²) in [6.45, 7) is 2.89. The van der Waals surface area contributed by atoms with E-state index >= 15 is 0 Å². The van der Waals surface area contributed by atoms with Crippen LogP contribution in [-0.2, 0) is 0 Å². The van der Waals surface area contributed by atoms with Gasteiger partial charge in [0.2, 0.25) is 5.16 Å². The summed E-state index contributed by atoms with van der Waals surface area (Å²) in [4.78, 5) is 0. The van der Waals surface area contributed by atoms with Gasteiger partial charge in [-0.1, -0.05) is 31.5 Å². The number of nitrogens with zero attached hydrogens (tertiary/aromatic N) is 5. The van der Waals surface area contributed by atoms with E-state index in [0.717, 1.165) is 31.0 Å². The second kappa shape index (κ2) is 6.32. The standard InChI is InChI=1S/C14H22N6S/c1-2-16-14(10-15)8-7-12(9-14)21-13-17-18-19-20(13)11-5-3-4-6-11/h11-12,16H,2-9H2,1H3. The van der Waals surface area contributed by atoms with Gasteiger partial charge in [0.15, 0.2) is 0 Å². The Hall–Kier alpha value is -1.13. The minimum absolute atomic E-state index is 0.349. The van der Waals surface area contributed by atoms with Gasteiger partial charge in [-0.25, -0.2) is 4.68 Å². The number of thioether (sulfide) groups is 1. The quantitative estimate of drug-likeness (QED) is 0.899. The predicted octanol–water partition coefficient (Wildman–Crippen LogP) is 2.30. The highest BCUT2D eigenvalue weighted by Crippen LogP contribution is 2.40. The molecule has 6 nitrogen and oxygen atoms in total. The fraction of sp³-hybridized carbons (Fsp3) is 0.857. The molecule has 0 aromatic carbocycles. The smallest absolute Gasteiger partial charge is 0.209 e. The highest BCUT2D eigenvalue weighted by molar-refractivity contribution is 7.99. The van der Waals surface area contributed by atoms with E-state index in [1.54, 1.807) is 11.8 Å². The van der Waals surface area contributed by atoms with Gasteiger partial charge in [0.1, 0.15) is 5.54 Å². The Labute approximate surface area is 129 Å². The van der Waals surface area contributed by atoms with Crippen molar-refractivity contribution in [2.75, 3.05) is 6.54 Å². The Bertz CT molecular complexity index is 518. The minimum atomic E-state index is -0.349. The van der Waals surface area contributed by atoms with Crippen molar-refractivity contribution in [3.05, 3.63) is 0 Å². The first-order valence-electron chi connectivity index (χ1n) is 7.87. The normalized spacial score (nSPS) is 29.8. The van der Waals surface area contributed by atoms with Crippen molar-refractivity contribution in [3.8, 4) is 6.07 Å². The molecule has 2 saturated carbocycles. The highest BCUT2D eigenvalue weighted by atomic mass is 32.2. The van der Waals surface area contributed by atoms with Crippen molar-refractivity contribution < 1.29 is 0 Å². The molecule has 7 heteroatoms. The number of hydrogen-bond acceptors (Lipinski definition) is 6. The number of tetrazole rings is 1. The molecule has 21 heavy (non-hydrogen) atoms. The van der Waals surface area contributed by atoms with Crippen molar-refractivity contribution in [2.24, 2.45) is 0 Å². The Morgan fingerprint density at radius 3 is 2.95 bits per heavy atom. The molecule has 1 aromatic rings. The maximum absolute atomic E-state index is 9.45. The molecule has 0 aliphatic heterocycles. The SMILES string of the molecule is CCNC1(C#N)CCC(Sc2nnnn2C2CCCC2)C1. The van der Waals surface area contributed by atoms with Crippen LogP contribution in [0.4, 0.5) is 0 Å². The lowest BCUT2D eigenvalue weighted by atomic mass is 10.0. The summed E-state index contributed by atoms with van der Waals surface area (Å²) >= 11 is 1.75. The largest absolute Gasteiger partial charge is 0.300 e. The van der Waals surface area contributed by atoms with Gasteiger partial charge in [-0.3, -0.25) is 5.32 Å². The topological polar surface area (TPSA) is 79.4 Å². The summed E-state index contributed by atoms with van der Waals surface area (Å²) in [6.07, 6.45) is 7.75. The molecule has 0 amide bonds. The summed E-state index contributed by atoms with van der Waals surface area (Å²) in [5.41, 5.74) is -0.349. The maximum Gasteiger partial charge on any atom is 0.209 e. The second-order valence-electron chi connectivity index (χ2n) is 6.05. The van der Waals surface area contributed by atoms with Gasteiger partial charge >= 0.3 is 0 Å². The van der Waals surface area contributed by atoms with E-state index in [2.05, 4.69) is 33.8 Å². The molecule has 0 bridgehead atoms. The van der Waals surface area contributed by atoms with Gasteiger partial charge in [0, 0.05) is 5.25 Å². The molecular formula is C14H22N6S. The lowest BCUT2D eigenvalue weighted by Gasteiger charge is -2.21. The van der Waals surface area contributed by atoms with Crippen LogP contribution in [0.3, 0.4) is 0 Å². The third-order valence-electron chi connectivity index (χ3n) is 4.60. The number of rotatable bonds is 5. The van der Waals surface area contributed by atoms with Crippen LogP contribution in [0.15, 0.2) is 5.16 Å². The molecule has 2 fully saturated rings. The summed E-state index contributed by atoms with van der Waals surface area (Å²) in [7, 11) is 0. The van der Waals surface area contributed by atoms with Crippen LogP contribution in [0, 0.1) is 11.3 Å². The zero-order valence-electron chi connectivity index (χ0n) is 12.5. The van der Waals surface area contributed by atoms with Gasteiger partial charge in [0.05, 0.1) is 12.1 Å². The van der Waals surface area contributed by atoms with Crippen molar-refractivity contribution in [1.29, 1.82) is 5.26 Å². The first-order valence-corrected chi connectivity index (χ1v) is 8.75. The number of nitrogens with one attached hydrogen (secondary N) is 1. The molecule has 2 aliphatic rings. The molecule has 1 heterocycles. The molecule has 114 valence electrons. The second-order valence-corrected chi connectivity index (χ2v) is 7.32. The zero-order chi connectivity index (χ0) is 14.7. The fourth-order valence-corrected chi connectivity index (χ4v) is 4.81. The van der Waals surface area contributed by atoms with Crippen LogP contribution in [0.2, 0.25) is 0 Å².